The van der Waals surface area contributed by atoms with E-state index in [0.717, 1.165) is 11.0 Å². The van der Waals surface area contributed by atoms with Crippen molar-refractivity contribution < 1.29 is 0 Å². The first-order valence-electron chi connectivity index (χ1n) is 7.13. The van der Waals surface area contributed by atoms with Crippen LogP contribution in [0.2, 0.25) is 0 Å². The standard InChI is InChI=1S/C17H14N2S3/c1-10(2)13-7-8-15(21-13)12-6-5-11(14-4-3-9-20-14)16-17(12)19-22-18-16/h3-10H,1-2H3. The van der Waals surface area contributed by atoms with E-state index in [1.54, 1.807) is 11.3 Å². The summed E-state index contributed by atoms with van der Waals surface area (Å²) in [5.41, 5.74) is 4.42. The number of hydrogen-bond donors (Lipinski definition) is 0. The fourth-order valence-corrected chi connectivity index (χ4v) is 4.87. The highest BCUT2D eigenvalue weighted by molar-refractivity contribution is 7.15. The molecule has 0 unspecified atom stereocenters. The molecule has 110 valence electrons. The molecule has 0 aliphatic rings. The van der Waals surface area contributed by atoms with E-state index in [1.165, 1.54) is 37.5 Å². The predicted molar refractivity (Wildman–Crippen MR) is 98.1 cm³/mol. The Labute approximate surface area is 141 Å². The summed E-state index contributed by atoms with van der Waals surface area (Å²) in [6.07, 6.45) is 0. The van der Waals surface area contributed by atoms with Crippen molar-refractivity contribution >= 4 is 45.4 Å². The van der Waals surface area contributed by atoms with Gasteiger partial charge in [0, 0.05) is 25.8 Å². The summed E-state index contributed by atoms with van der Waals surface area (Å²) in [7, 11) is 0. The number of fused-ring (bicyclic) bond motifs is 1. The number of hydrogen-bond acceptors (Lipinski definition) is 5. The van der Waals surface area contributed by atoms with Gasteiger partial charge in [-0.1, -0.05) is 32.0 Å². The van der Waals surface area contributed by atoms with Crippen LogP contribution in [0.3, 0.4) is 0 Å². The zero-order valence-electron chi connectivity index (χ0n) is 12.2. The van der Waals surface area contributed by atoms with E-state index in [4.69, 9.17) is 0 Å². The molecule has 0 fully saturated rings. The van der Waals surface area contributed by atoms with E-state index in [1.807, 2.05) is 11.3 Å². The lowest BCUT2D eigenvalue weighted by atomic mass is 10.1. The summed E-state index contributed by atoms with van der Waals surface area (Å²) in [5.74, 6) is 0.563. The molecule has 3 heterocycles. The topological polar surface area (TPSA) is 25.8 Å². The first-order valence-corrected chi connectivity index (χ1v) is 9.56. The molecular formula is C17H14N2S3. The molecule has 0 radical (unpaired) electrons. The highest BCUT2D eigenvalue weighted by atomic mass is 32.1. The molecule has 0 aliphatic heterocycles. The Kier molecular flexibility index (Phi) is 3.56. The van der Waals surface area contributed by atoms with Crippen molar-refractivity contribution in [3.8, 4) is 20.9 Å². The molecule has 5 heteroatoms. The van der Waals surface area contributed by atoms with Gasteiger partial charge in [-0.25, -0.2) is 0 Å². The quantitative estimate of drug-likeness (QED) is 0.438. The normalized spacial score (nSPS) is 11.6. The smallest absolute Gasteiger partial charge is 0.114 e. The van der Waals surface area contributed by atoms with Crippen LogP contribution in [0.15, 0.2) is 41.8 Å². The summed E-state index contributed by atoms with van der Waals surface area (Å²) < 4.78 is 9.11. The van der Waals surface area contributed by atoms with E-state index in [9.17, 15) is 0 Å². The average molecular weight is 343 g/mol. The summed E-state index contributed by atoms with van der Waals surface area (Å²) in [5, 5.41) is 2.10. The number of rotatable bonds is 3. The van der Waals surface area contributed by atoms with Gasteiger partial charge in [0.25, 0.3) is 0 Å². The SMILES string of the molecule is CC(C)c1ccc(-c2ccc(-c3cccs3)c3nsnc23)s1. The van der Waals surface area contributed by atoms with Crippen LogP contribution in [0.4, 0.5) is 0 Å². The van der Waals surface area contributed by atoms with Gasteiger partial charge in [0.15, 0.2) is 0 Å². The van der Waals surface area contributed by atoms with Crippen LogP contribution in [-0.2, 0) is 0 Å². The fraction of sp³-hybridized carbons (Fsp3) is 0.176. The monoisotopic (exact) mass is 342 g/mol. The molecule has 0 saturated carbocycles. The van der Waals surface area contributed by atoms with Gasteiger partial charge in [0.1, 0.15) is 11.0 Å². The van der Waals surface area contributed by atoms with Gasteiger partial charge in [-0.05, 0) is 29.5 Å². The summed E-state index contributed by atoms with van der Waals surface area (Å²) in [4.78, 5) is 3.94. The molecule has 22 heavy (non-hydrogen) atoms. The molecular weight excluding hydrogens is 328 g/mol. The predicted octanol–water partition coefficient (Wildman–Crippen LogP) is 6.27. The first kappa shape index (κ1) is 14.1. The van der Waals surface area contributed by atoms with Crippen molar-refractivity contribution in [1.29, 1.82) is 0 Å². The summed E-state index contributed by atoms with van der Waals surface area (Å²) >= 11 is 4.89. The summed E-state index contributed by atoms with van der Waals surface area (Å²) in [6, 6.07) is 13.0. The van der Waals surface area contributed by atoms with Crippen molar-refractivity contribution in [2.45, 2.75) is 19.8 Å². The Balaban J connectivity index is 1.89. The lowest BCUT2D eigenvalue weighted by Crippen LogP contribution is -1.82. The summed E-state index contributed by atoms with van der Waals surface area (Å²) in [6.45, 7) is 4.46. The highest BCUT2D eigenvalue weighted by Crippen LogP contribution is 2.39. The minimum absolute atomic E-state index is 0.563. The second-order valence-corrected chi connectivity index (χ2v) is 8.05. The van der Waals surface area contributed by atoms with Gasteiger partial charge >= 0.3 is 0 Å². The van der Waals surface area contributed by atoms with Crippen LogP contribution in [0, 0.1) is 0 Å². The molecule has 3 aromatic heterocycles. The maximum atomic E-state index is 4.56. The Morgan fingerprint density at radius 3 is 2.18 bits per heavy atom. The van der Waals surface area contributed by atoms with E-state index in [2.05, 4.69) is 64.4 Å². The Bertz CT molecular complexity index is 917. The zero-order valence-corrected chi connectivity index (χ0v) is 14.7. The van der Waals surface area contributed by atoms with Crippen LogP contribution in [0.5, 0.6) is 0 Å². The molecule has 0 atom stereocenters. The fourth-order valence-electron chi connectivity index (χ4n) is 2.50. The average Bonchev–Trinajstić information content (AvgIpc) is 3.26. The van der Waals surface area contributed by atoms with Crippen LogP contribution in [0.25, 0.3) is 31.9 Å². The van der Waals surface area contributed by atoms with E-state index in [0.29, 0.717) is 5.92 Å². The highest BCUT2D eigenvalue weighted by Gasteiger charge is 2.15. The van der Waals surface area contributed by atoms with E-state index >= 15 is 0 Å². The van der Waals surface area contributed by atoms with Crippen LogP contribution < -0.4 is 0 Å². The minimum atomic E-state index is 0.563. The first-order chi connectivity index (χ1) is 10.7. The van der Waals surface area contributed by atoms with E-state index in [-0.39, 0.29) is 0 Å². The second-order valence-electron chi connectivity index (χ2n) is 5.46. The van der Waals surface area contributed by atoms with Gasteiger partial charge in [0.05, 0.1) is 11.7 Å². The van der Waals surface area contributed by atoms with Crippen LogP contribution in [-0.4, -0.2) is 8.75 Å². The lowest BCUT2D eigenvalue weighted by molar-refractivity contribution is 0.890. The number of aromatic nitrogens is 2. The third-order valence-electron chi connectivity index (χ3n) is 3.66. The van der Waals surface area contributed by atoms with Gasteiger partial charge in [-0.15, -0.1) is 22.7 Å². The maximum absolute atomic E-state index is 4.56. The van der Waals surface area contributed by atoms with Gasteiger partial charge in [0.2, 0.25) is 0 Å². The van der Waals surface area contributed by atoms with Crippen LogP contribution >= 0.6 is 34.4 Å². The van der Waals surface area contributed by atoms with Crippen molar-refractivity contribution in [3.05, 3.63) is 46.7 Å². The Morgan fingerprint density at radius 1 is 0.864 bits per heavy atom. The van der Waals surface area contributed by atoms with Gasteiger partial charge in [-0.2, -0.15) is 8.75 Å². The molecule has 0 spiro atoms. The van der Waals surface area contributed by atoms with Crippen molar-refractivity contribution in [1.82, 2.24) is 8.75 Å². The third kappa shape index (κ3) is 2.29. The third-order valence-corrected chi connectivity index (χ3v) is 6.51. The molecule has 2 nitrogen and oxygen atoms in total. The molecule has 0 bridgehead atoms. The molecule has 4 rings (SSSR count). The Morgan fingerprint density at radius 2 is 1.59 bits per heavy atom. The number of nitrogens with zero attached hydrogens (tertiary/aromatic N) is 2. The molecule has 4 aromatic rings. The van der Waals surface area contributed by atoms with Crippen molar-refractivity contribution in [2.24, 2.45) is 0 Å². The van der Waals surface area contributed by atoms with Gasteiger partial charge < -0.3 is 0 Å². The van der Waals surface area contributed by atoms with Gasteiger partial charge in [-0.3, -0.25) is 0 Å². The molecule has 0 saturated heterocycles. The largest absolute Gasteiger partial charge is 0.172 e. The Hall–Kier alpha value is -1.56. The zero-order chi connectivity index (χ0) is 15.1. The van der Waals surface area contributed by atoms with Crippen LogP contribution in [0.1, 0.15) is 24.6 Å². The lowest BCUT2D eigenvalue weighted by Gasteiger charge is -2.03. The van der Waals surface area contributed by atoms with Crippen molar-refractivity contribution in [3.63, 3.8) is 0 Å². The number of benzene rings is 1. The molecule has 1 aromatic carbocycles. The number of thiophene rings is 2. The van der Waals surface area contributed by atoms with Crippen molar-refractivity contribution in [2.75, 3.05) is 0 Å². The van der Waals surface area contributed by atoms with E-state index < -0.39 is 0 Å². The molecule has 0 amide bonds. The maximum Gasteiger partial charge on any atom is 0.114 e. The molecule has 0 N–H and O–H groups in total. The molecule has 0 aliphatic carbocycles. The second kappa shape index (κ2) is 5.57. The minimum Gasteiger partial charge on any atom is -0.172 e.